The minimum absolute atomic E-state index is 0.230. The van der Waals surface area contributed by atoms with Crippen LogP contribution in [0.3, 0.4) is 0 Å². The fourth-order valence-electron chi connectivity index (χ4n) is 2.25. The van der Waals surface area contributed by atoms with Crippen molar-refractivity contribution < 1.29 is 9.90 Å². The van der Waals surface area contributed by atoms with Gasteiger partial charge in [0.15, 0.2) is 0 Å². The van der Waals surface area contributed by atoms with E-state index in [-0.39, 0.29) is 5.92 Å². The highest BCUT2D eigenvalue weighted by molar-refractivity contribution is 5.70. The van der Waals surface area contributed by atoms with Crippen LogP contribution in [0.25, 0.3) is 0 Å². The second kappa shape index (κ2) is 6.86. The molecule has 1 aliphatic rings. The summed E-state index contributed by atoms with van der Waals surface area (Å²) in [6, 6.07) is 0. The largest absolute Gasteiger partial charge is 0.481 e. The zero-order valence-corrected chi connectivity index (χ0v) is 10.4. The molecule has 1 rings (SSSR count). The Morgan fingerprint density at radius 1 is 1.62 bits per heavy atom. The highest BCUT2D eigenvalue weighted by Crippen LogP contribution is 2.16. The Bertz CT molecular complexity index is 221. The summed E-state index contributed by atoms with van der Waals surface area (Å²) in [7, 11) is 2.16. The van der Waals surface area contributed by atoms with Crippen LogP contribution >= 0.6 is 0 Å². The van der Waals surface area contributed by atoms with E-state index in [4.69, 9.17) is 5.11 Å². The monoisotopic (exact) mass is 228 g/mol. The Balaban J connectivity index is 2.05. The van der Waals surface area contributed by atoms with E-state index in [0.29, 0.717) is 13.0 Å². The van der Waals surface area contributed by atoms with Gasteiger partial charge in [0.25, 0.3) is 0 Å². The Labute approximate surface area is 98.0 Å². The average Bonchev–Trinajstić information content (AvgIpc) is 2.64. The Hall–Kier alpha value is -0.610. The summed E-state index contributed by atoms with van der Waals surface area (Å²) in [5.41, 5.74) is 0. The number of nitrogens with one attached hydrogen (secondary N) is 1. The van der Waals surface area contributed by atoms with Gasteiger partial charge in [-0.3, -0.25) is 4.79 Å². The van der Waals surface area contributed by atoms with Gasteiger partial charge in [0.2, 0.25) is 0 Å². The van der Waals surface area contributed by atoms with E-state index in [2.05, 4.69) is 17.3 Å². The van der Waals surface area contributed by atoms with Gasteiger partial charge in [-0.15, -0.1) is 0 Å². The second-order valence-corrected chi connectivity index (χ2v) is 4.85. The predicted molar refractivity (Wildman–Crippen MR) is 64.5 cm³/mol. The number of nitrogens with zero attached hydrogens (tertiary/aromatic N) is 1. The van der Waals surface area contributed by atoms with Crippen LogP contribution in [0.2, 0.25) is 0 Å². The van der Waals surface area contributed by atoms with Crippen molar-refractivity contribution in [3.63, 3.8) is 0 Å². The summed E-state index contributed by atoms with van der Waals surface area (Å²) in [5.74, 6) is -0.121. The van der Waals surface area contributed by atoms with E-state index in [1.165, 1.54) is 25.9 Å². The molecular formula is C12H24N2O2. The number of hydrogen-bond acceptors (Lipinski definition) is 3. The molecule has 0 aromatic heterocycles. The van der Waals surface area contributed by atoms with Crippen molar-refractivity contribution in [2.45, 2.75) is 26.2 Å². The van der Waals surface area contributed by atoms with E-state index in [1.807, 2.05) is 6.92 Å². The molecule has 0 aromatic rings. The molecule has 0 spiro atoms. The lowest BCUT2D eigenvalue weighted by atomic mass is 10.0. The zero-order chi connectivity index (χ0) is 12.0. The fraction of sp³-hybridized carbons (Fsp3) is 0.917. The van der Waals surface area contributed by atoms with Crippen LogP contribution in [0.4, 0.5) is 0 Å². The lowest BCUT2D eigenvalue weighted by Gasteiger charge is -2.13. The number of carboxylic acids is 1. The molecule has 0 aliphatic carbocycles. The number of hydrogen-bond donors (Lipinski definition) is 2. The average molecular weight is 228 g/mol. The van der Waals surface area contributed by atoms with Gasteiger partial charge in [0.1, 0.15) is 0 Å². The van der Waals surface area contributed by atoms with E-state index in [0.717, 1.165) is 12.5 Å². The summed E-state index contributed by atoms with van der Waals surface area (Å²) in [6.45, 7) is 5.87. The molecule has 94 valence electrons. The third-order valence-corrected chi connectivity index (χ3v) is 3.45. The van der Waals surface area contributed by atoms with Crippen LogP contribution in [0, 0.1) is 11.8 Å². The molecule has 1 aliphatic heterocycles. The normalized spacial score (nSPS) is 23.5. The van der Waals surface area contributed by atoms with E-state index < -0.39 is 5.97 Å². The highest BCUT2D eigenvalue weighted by atomic mass is 16.4. The number of likely N-dealkylation sites (tertiary alicyclic amines) is 1. The Morgan fingerprint density at radius 3 is 2.88 bits per heavy atom. The molecule has 0 saturated carbocycles. The lowest BCUT2D eigenvalue weighted by Crippen LogP contribution is -2.29. The molecule has 0 aromatic carbocycles. The SMILES string of the molecule is CCC(CNCCC1CCN(C)C1)C(=O)O. The fourth-order valence-corrected chi connectivity index (χ4v) is 2.25. The molecule has 16 heavy (non-hydrogen) atoms. The van der Waals surface area contributed by atoms with Crippen molar-refractivity contribution in [2.75, 3.05) is 33.2 Å². The lowest BCUT2D eigenvalue weighted by molar-refractivity contribution is -0.141. The Kier molecular flexibility index (Phi) is 5.77. The van der Waals surface area contributed by atoms with Gasteiger partial charge >= 0.3 is 5.97 Å². The molecule has 0 bridgehead atoms. The molecule has 4 nitrogen and oxygen atoms in total. The smallest absolute Gasteiger partial charge is 0.307 e. The maximum atomic E-state index is 10.8. The molecule has 2 atom stereocenters. The molecule has 0 radical (unpaired) electrons. The van der Waals surface area contributed by atoms with Crippen molar-refractivity contribution >= 4 is 5.97 Å². The van der Waals surface area contributed by atoms with Gasteiger partial charge in [-0.25, -0.2) is 0 Å². The summed E-state index contributed by atoms with van der Waals surface area (Å²) in [6.07, 6.45) is 3.16. The first-order valence-corrected chi connectivity index (χ1v) is 6.25. The quantitative estimate of drug-likeness (QED) is 0.639. The molecule has 1 fully saturated rings. The van der Waals surface area contributed by atoms with Crippen LogP contribution in [-0.4, -0.2) is 49.2 Å². The summed E-state index contributed by atoms with van der Waals surface area (Å²) in [5, 5.41) is 12.1. The number of carbonyl (C=O) groups is 1. The summed E-state index contributed by atoms with van der Waals surface area (Å²) >= 11 is 0. The van der Waals surface area contributed by atoms with Gasteiger partial charge in [0.05, 0.1) is 5.92 Å². The van der Waals surface area contributed by atoms with Gasteiger partial charge < -0.3 is 15.3 Å². The Morgan fingerprint density at radius 2 is 2.38 bits per heavy atom. The number of rotatable bonds is 7. The highest BCUT2D eigenvalue weighted by Gasteiger charge is 2.19. The van der Waals surface area contributed by atoms with E-state index >= 15 is 0 Å². The van der Waals surface area contributed by atoms with Crippen molar-refractivity contribution in [3.05, 3.63) is 0 Å². The van der Waals surface area contributed by atoms with Gasteiger partial charge in [-0.1, -0.05) is 6.92 Å². The van der Waals surface area contributed by atoms with Crippen LogP contribution in [-0.2, 0) is 4.79 Å². The molecule has 4 heteroatoms. The first-order valence-electron chi connectivity index (χ1n) is 6.25. The van der Waals surface area contributed by atoms with Crippen LogP contribution in [0.1, 0.15) is 26.2 Å². The van der Waals surface area contributed by atoms with E-state index in [1.54, 1.807) is 0 Å². The minimum Gasteiger partial charge on any atom is -0.481 e. The standard InChI is InChI=1S/C12H24N2O2/c1-3-11(12(15)16)8-13-6-4-10-5-7-14(2)9-10/h10-11,13H,3-9H2,1-2H3,(H,15,16). The van der Waals surface area contributed by atoms with Crippen molar-refractivity contribution in [1.29, 1.82) is 0 Å². The molecule has 1 heterocycles. The third-order valence-electron chi connectivity index (χ3n) is 3.45. The maximum absolute atomic E-state index is 10.8. The van der Waals surface area contributed by atoms with Gasteiger partial charge in [-0.05, 0) is 45.3 Å². The second-order valence-electron chi connectivity index (χ2n) is 4.85. The van der Waals surface area contributed by atoms with Crippen LogP contribution < -0.4 is 5.32 Å². The van der Waals surface area contributed by atoms with Crippen molar-refractivity contribution in [2.24, 2.45) is 11.8 Å². The van der Waals surface area contributed by atoms with Crippen LogP contribution in [0.15, 0.2) is 0 Å². The van der Waals surface area contributed by atoms with E-state index in [9.17, 15) is 4.79 Å². The number of aliphatic carboxylic acids is 1. The van der Waals surface area contributed by atoms with Crippen molar-refractivity contribution in [1.82, 2.24) is 10.2 Å². The van der Waals surface area contributed by atoms with Crippen molar-refractivity contribution in [3.8, 4) is 0 Å². The zero-order valence-electron chi connectivity index (χ0n) is 10.4. The maximum Gasteiger partial charge on any atom is 0.307 e. The number of carboxylic acid groups (broad SMARTS) is 1. The summed E-state index contributed by atoms with van der Waals surface area (Å²) in [4.78, 5) is 13.1. The molecule has 2 N–H and O–H groups in total. The molecule has 2 unspecified atom stereocenters. The minimum atomic E-state index is -0.685. The van der Waals surface area contributed by atoms with Gasteiger partial charge in [-0.2, -0.15) is 0 Å². The van der Waals surface area contributed by atoms with Gasteiger partial charge in [0, 0.05) is 13.1 Å². The molecular weight excluding hydrogens is 204 g/mol. The topological polar surface area (TPSA) is 52.6 Å². The first kappa shape index (κ1) is 13.5. The summed E-state index contributed by atoms with van der Waals surface area (Å²) < 4.78 is 0. The van der Waals surface area contributed by atoms with Crippen LogP contribution in [0.5, 0.6) is 0 Å². The first-order chi connectivity index (χ1) is 7.63. The molecule has 1 saturated heterocycles. The predicted octanol–water partition coefficient (Wildman–Crippen LogP) is 1.03. The molecule has 0 amide bonds. The third kappa shape index (κ3) is 4.49.